The fourth-order valence-electron chi connectivity index (χ4n) is 1.54. The summed E-state index contributed by atoms with van der Waals surface area (Å²) in [5, 5.41) is 11.0. The van der Waals surface area contributed by atoms with E-state index >= 15 is 0 Å². The third-order valence-corrected chi connectivity index (χ3v) is 2.39. The van der Waals surface area contributed by atoms with Gasteiger partial charge in [-0.15, -0.1) is 10.2 Å². The van der Waals surface area contributed by atoms with Gasteiger partial charge in [0.05, 0.1) is 19.8 Å². The van der Waals surface area contributed by atoms with Gasteiger partial charge in [0.25, 0.3) is 0 Å². The van der Waals surface area contributed by atoms with Gasteiger partial charge in [-0.2, -0.15) is 0 Å². The summed E-state index contributed by atoms with van der Waals surface area (Å²) in [5.41, 5.74) is 0. The van der Waals surface area contributed by atoms with Crippen molar-refractivity contribution in [3.8, 4) is 0 Å². The molecule has 0 amide bonds. The second kappa shape index (κ2) is 5.93. The van der Waals surface area contributed by atoms with E-state index < -0.39 is 0 Å². The lowest BCUT2D eigenvalue weighted by Crippen LogP contribution is -2.22. The molecule has 0 aliphatic carbocycles. The Hall–Kier alpha value is -0.980. The number of rotatable bonds is 5. The van der Waals surface area contributed by atoms with Crippen molar-refractivity contribution in [2.75, 3.05) is 33.4 Å². The van der Waals surface area contributed by atoms with Crippen LogP contribution in [-0.4, -0.2) is 43.6 Å². The van der Waals surface area contributed by atoms with E-state index in [1.807, 2.05) is 7.05 Å². The van der Waals surface area contributed by atoms with Crippen LogP contribution in [0.15, 0.2) is 4.42 Å². The molecule has 1 atom stereocenters. The van der Waals surface area contributed by atoms with Crippen molar-refractivity contribution in [1.82, 2.24) is 15.5 Å². The first-order valence-electron chi connectivity index (χ1n) is 5.56. The zero-order chi connectivity index (χ0) is 11.2. The largest absolute Gasteiger partial charge is 0.422 e. The molecule has 0 spiro atoms. The summed E-state index contributed by atoms with van der Waals surface area (Å²) in [4.78, 5) is 0. The van der Waals surface area contributed by atoms with Crippen LogP contribution in [0.3, 0.4) is 0 Å². The van der Waals surface area contributed by atoms with E-state index in [2.05, 4.69) is 15.5 Å². The van der Waals surface area contributed by atoms with E-state index in [1.165, 1.54) is 0 Å². The summed E-state index contributed by atoms with van der Waals surface area (Å²) < 4.78 is 16.3. The summed E-state index contributed by atoms with van der Waals surface area (Å²) in [6.07, 6.45) is 1.58. The zero-order valence-corrected chi connectivity index (χ0v) is 9.44. The van der Waals surface area contributed by atoms with Gasteiger partial charge in [0, 0.05) is 6.42 Å². The van der Waals surface area contributed by atoms with Gasteiger partial charge in [-0.25, -0.2) is 0 Å². The molecule has 90 valence electrons. The second-order valence-corrected chi connectivity index (χ2v) is 3.68. The predicted molar refractivity (Wildman–Crippen MR) is 56.1 cm³/mol. The van der Waals surface area contributed by atoms with Gasteiger partial charge >= 0.3 is 0 Å². The number of nitrogens with one attached hydrogen (secondary N) is 1. The molecule has 1 N–H and O–H groups in total. The van der Waals surface area contributed by atoms with Crippen molar-refractivity contribution < 1.29 is 13.9 Å². The Morgan fingerprint density at radius 2 is 2.31 bits per heavy atom. The lowest BCUT2D eigenvalue weighted by Gasteiger charge is -2.19. The summed E-state index contributed by atoms with van der Waals surface area (Å²) >= 11 is 0. The van der Waals surface area contributed by atoms with Crippen LogP contribution in [0.4, 0.5) is 0 Å². The number of nitrogens with zero attached hydrogens (tertiary/aromatic N) is 2. The molecule has 0 bridgehead atoms. The monoisotopic (exact) mass is 227 g/mol. The van der Waals surface area contributed by atoms with E-state index in [9.17, 15) is 0 Å². The predicted octanol–water partition coefficient (Wildman–Crippen LogP) is 0.309. The molecule has 1 aliphatic rings. The van der Waals surface area contributed by atoms with Crippen LogP contribution in [0.2, 0.25) is 0 Å². The van der Waals surface area contributed by atoms with Gasteiger partial charge in [0.1, 0.15) is 0 Å². The lowest BCUT2D eigenvalue weighted by molar-refractivity contribution is -0.0999. The SMILES string of the molecule is CNCCCc1nnc(C2COCCO2)o1. The highest BCUT2D eigenvalue weighted by molar-refractivity contribution is 4.88. The zero-order valence-electron chi connectivity index (χ0n) is 9.44. The van der Waals surface area contributed by atoms with E-state index in [4.69, 9.17) is 13.9 Å². The molecule has 0 saturated carbocycles. The highest BCUT2D eigenvalue weighted by Crippen LogP contribution is 2.19. The van der Waals surface area contributed by atoms with Gasteiger partial charge in [-0.05, 0) is 20.0 Å². The summed E-state index contributed by atoms with van der Waals surface area (Å²) in [5.74, 6) is 1.19. The topological polar surface area (TPSA) is 69.4 Å². The Labute approximate surface area is 94.3 Å². The quantitative estimate of drug-likeness (QED) is 0.730. The first-order valence-corrected chi connectivity index (χ1v) is 5.56. The molecule has 0 aromatic carbocycles. The van der Waals surface area contributed by atoms with Gasteiger partial charge < -0.3 is 19.2 Å². The van der Waals surface area contributed by atoms with Crippen LogP contribution in [0.25, 0.3) is 0 Å². The fraction of sp³-hybridized carbons (Fsp3) is 0.800. The van der Waals surface area contributed by atoms with Gasteiger partial charge in [0.15, 0.2) is 6.10 Å². The van der Waals surface area contributed by atoms with Crippen molar-refractivity contribution in [1.29, 1.82) is 0 Å². The number of aryl methyl sites for hydroxylation is 1. The van der Waals surface area contributed by atoms with E-state index in [-0.39, 0.29) is 6.10 Å². The molecule has 1 saturated heterocycles. The molecule has 1 unspecified atom stereocenters. The van der Waals surface area contributed by atoms with Crippen molar-refractivity contribution in [3.05, 3.63) is 11.8 Å². The summed E-state index contributed by atoms with van der Waals surface area (Å²) in [7, 11) is 1.92. The maximum atomic E-state index is 5.51. The number of hydrogen-bond donors (Lipinski definition) is 1. The summed E-state index contributed by atoms with van der Waals surface area (Å²) in [6, 6.07) is 0. The van der Waals surface area contributed by atoms with Crippen molar-refractivity contribution >= 4 is 0 Å². The molecule has 0 radical (unpaired) electrons. The number of aromatic nitrogens is 2. The lowest BCUT2D eigenvalue weighted by atomic mass is 10.3. The first kappa shape index (κ1) is 11.5. The maximum absolute atomic E-state index is 5.51. The average Bonchev–Trinajstić information content (AvgIpc) is 2.79. The minimum Gasteiger partial charge on any atom is -0.422 e. The molecular formula is C10H17N3O3. The van der Waals surface area contributed by atoms with E-state index in [1.54, 1.807) is 0 Å². The maximum Gasteiger partial charge on any atom is 0.247 e. The first-order chi connectivity index (χ1) is 7.90. The Morgan fingerprint density at radius 1 is 1.38 bits per heavy atom. The standard InChI is InChI=1S/C10H17N3O3/c1-11-4-2-3-9-12-13-10(16-9)8-7-14-5-6-15-8/h8,11H,2-7H2,1H3. The van der Waals surface area contributed by atoms with Gasteiger partial charge in [-0.1, -0.05) is 0 Å². The normalized spacial score (nSPS) is 21.2. The van der Waals surface area contributed by atoms with E-state index in [0.29, 0.717) is 31.6 Å². The Morgan fingerprint density at radius 3 is 3.06 bits per heavy atom. The van der Waals surface area contributed by atoms with Crippen LogP contribution < -0.4 is 5.32 Å². The molecular weight excluding hydrogens is 210 g/mol. The van der Waals surface area contributed by atoms with Crippen LogP contribution in [0.1, 0.15) is 24.3 Å². The molecule has 1 aromatic rings. The second-order valence-electron chi connectivity index (χ2n) is 3.68. The van der Waals surface area contributed by atoms with Crippen LogP contribution in [0.5, 0.6) is 0 Å². The molecule has 6 heteroatoms. The van der Waals surface area contributed by atoms with Crippen molar-refractivity contribution in [2.24, 2.45) is 0 Å². The molecule has 6 nitrogen and oxygen atoms in total. The fourth-order valence-corrected chi connectivity index (χ4v) is 1.54. The van der Waals surface area contributed by atoms with Crippen LogP contribution in [-0.2, 0) is 15.9 Å². The van der Waals surface area contributed by atoms with Crippen molar-refractivity contribution in [3.63, 3.8) is 0 Å². The van der Waals surface area contributed by atoms with Gasteiger partial charge in [-0.3, -0.25) is 0 Å². The molecule has 1 fully saturated rings. The number of hydrogen-bond acceptors (Lipinski definition) is 6. The molecule has 2 heterocycles. The van der Waals surface area contributed by atoms with Crippen LogP contribution in [0, 0.1) is 0 Å². The van der Waals surface area contributed by atoms with E-state index in [0.717, 1.165) is 19.4 Å². The smallest absolute Gasteiger partial charge is 0.247 e. The highest BCUT2D eigenvalue weighted by Gasteiger charge is 2.22. The minimum atomic E-state index is -0.195. The van der Waals surface area contributed by atoms with Gasteiger partial charge in [0.2, 0.25) is 11.8 Å². The molecule has 1 aliphatic heterocycles. The molecule has 16 heavy (non-hydrogen) atoms. The highest BCUT2D eigenvalue weighted by atomic mass is 16.6. The Bertz CT molecular complexity index is 310. The van der Waals surface area contributed by atoms with Crippen LogP contribution >= 0.6 is 0 Å². The number of ether oxygens (including phenoxy) is 2. The third kappa shape index (κ3) is 3.01. The average molecular weight is 227 g/mol. The third-order valence-electron chi connectivity index (χ3n) is 2.39. The summed E-state index contributed by atoms with van der Waals surface area (Å²) in [6.45, 7) is 2.67. The Balaban J connectivity index is 1.85. The van der Waals surface area contributed by atoms with Crippen molar-refractivity contribution in [2.45, 2.75) is 18.9 Å². The minimum absolute atomic E-state index is 0.195. The molecule has 1 aromatic heterocycles. The Kier molecular flexibility index (Phi) is 4.26. The molecule has 2 rings (SSSR count).